The van der Waals surface area contributed by atoms with E-state index in [4.69, 9.17) is 4.74 Å². The molecule has 1 amide bonds. The van der Waals surface area contributed by atoms with Crippen LogP contribution < -0.4 is 9.75 Å². The van der Waals surface area contributed by atoms with Crippen LogP contribution in [0.15, 0.2) is 76.7 Å². The number of hydrazone groups is 1. The van der Waals surface area contributed by atoms with E-state index < -0.39 is 0 Å². The predicted octanol–water partition coefficient (Wildman–Crippen LogP) is 5.38. The van der Waals surface area contributed by atoms with E-state index in [1.54, 1.807) is 42.5 Å². The molecule has 1 aliphatic rings. The highest BCUT2D eigenvalue weighted by atomic mass is 127. The van der Waals surface area contributed by atoms with Gasteiger partial charge in [0.15, 0.2) is 0 Å². The molecule has 2 aromatic carbocycles. The molecular formula is C22H15IN2O3S. The van der Waals surface area contributed by atoms with E-state index in [2.05, 4.69) is 27.7 Å². The summed E-state index contributed by atoms with van der Waals surface area (Å²) in [6.07, 6.45) is 1.79. The average Bonchev–Trinajstić information content (AvgIpc) is 3.35. The highest BCUT2D eigenvalue weighted by Gasteiger charge is 2.28. The van der Waals surface area contributed by atoms with Crippen LogP contribution in [-0.4, -0.2) is 17.6 Å². The first kappa shape index (κ1) is 19.5. The Morgan fingerprint density at radius 2 is 1.83 bits per heavy atom. The number of hydrogen-bond acceptors (Lipinski definition) is 5. The Bertz CT molecular complexity index is 1120. The number of halogens is 1. The molecular weight excluding hydrogens is 499 g/mol. The van der Waals surface area contributed by atoms with Crippen molar-refractivity contribution in [1.82, 2.24) is 0 Å². The second-order valence-electron chi connectivity index (χ2n) is 6.27. The third-order valence-corrected chi connectivity index (χ3v) is 5.83. The Hall–Kier alpha value is -2.78. The molecule has 0 N–H and O–H groups in total. The number of benzene rings is 2. The Morgan fingerprint density at radius 3 is 2.48 bits per heavy atom. The zero-order valence-electron chi connectivity index (χ0n) is 15.3. The third-order valence-electron chi connectivity index (χ3n) is 4.26. The topological polar surface area (TPSA) is 59.0 Å². The number of thiophene rings is 1. The van der Waals surface area contributed by atoms with E-state index in [0.717, 1.165) is 14.8 Å². The van der Waals surface area contributed by atoms with Gasteiger partial charge in [0.05, 0.1) is 17.0 Å². The minimum atomic E-state index is -0.381. The lowest BCUT2D eigenvalue weighted by molar-refractivity contribution is -0.114. The maximum Gasteiger partial charge on any atom is 0.353 e. The molecule has 2 heterocycles. The fourth-order valence-corrected chi connectivity index (χ4v) is 3.75. The molecule has 0 bridgehead atoms. The van der Waals surface area contributed by atoms with E-state index in [1.807, 2.05) is 36.6 Å². The number of anilines is 1. The van der Waals surface area contributed by atoms with Gasteiger partial charge in [-0.1, -0.05) is 18.2 Å². The molecule has 0 aliphatic carbocycles. The number of carbonyl (C=O) groups is 2. The lowest BCUT2D eigenvalue weighted by atomic mass is 10.1. The summed E-state index contributed by atoms with van der Waals surface area (Å²) >= 11 is 3.55. The average molecular weight is 514 g/mol. The van der Waals surface area contributed by atoms with E-state index >= 15 is 0 Å². The Morgan fingerprint density at radius 1 is 1.10 bits per heavy atom. The fourth-order valence-electron chi connectivity index (χ4n) is 2.79. The summed E-state index contributed by atoms with van der Waals surface area (Å²) in [5, 5.41) is 7.63. The number of hydrogen-bond donors (Lipinski definition) is 0. The quantitative estimate of drug-likeness (QED) is 0.203. The molecule has 4 rings (SSSR count). The van der Waals surface area contributed by atoms with Gasteiger partial charge in [0, 0.05) is 3.57 Å². The Labute approximate surface area is 185 Å². The monoisotopic (exact) mass is 514 g/mol. The van der Waals surface area contributed by atoms with E-state index in [-0.39, 0.29) is 11.9 Å². The lowest BCUT2D eigenvalue weighted by Crippen LogP contribution is -2.21. The molecule has 5 nitrogen and oxygen atoms in total. The van der Waals surface area contributed by atoms with E-state index in [1.165, 1.54) is 16.3 Å². The van der Waals surface area contributed by atoms with Crippen LogP contribution in [0, 0.1) is 3.57 Å². The van der Waals surface area contributed by atoms with Gasteiger partial charge in [0.2, 0.25) is 0 Å². The van der Waals surface area contributed by atoms with E-state index in [9.17, 15) is 9.59 Å². The van der Waals surface area contributed by atoms with Crippen molar-refractivity contribution in [3.63, 3.8) is 0 Å². The second-order valence-corrected chi connectivity index (χ2v) is 8.47. The molecule has 0 saturated heterocycles. The maximum absolute atomic E-state index is 12.8. The van der Waals surface area contributed by atoms with Crippen molar-refractivity contribution in [2.75, 3.05) is 5.01 Å². The van der Waals surface area contributed by atoms with Crippen molar-refractivity contribution in [2.45, 2.75) is 6.92 Å². The van der Waals surface area contributed by atoms with Crippen LogP contribution in [0.4, 0.5) is 5.69 Å². The summed E-state index contributed by atoms with van der Waals surface area (Å²) in [5.41, 5.74) is 2.74. The molecule has 0 radical (unpaired) electrons. The molecule has 0 saturated carbocycles. The first-order valence-electron chi connectivity index (χ1n) is 8.74. The Kier molecular flexibility index (Phi) is 5.59. The first-order chi connectivity index (χ1) is 14.0. The molecule has 144 valence electrons. The van der Waals surface area contributed by atoms with Gasteiger partial charge >= 0.3 is 5.97 Å². The molecule has 7 heteroatoms. The van der Waals surface area contributed by atoms with Crippen LogP contribution >= 0.6 is 33.9 Å². The molecule has 0 atom stereocenters. The summed E-state index contributed by atoms with van der Waals surface area (Å²) in [5.74, 6) is -0.0978. The summed E-state index contributed by atoms with van der Waals surface area (Å²) < 4.78 is 6.45. The highest BCUT2D eigenvalue weighted by Crippen LogP contribution is 2.26. The minimum absolute atomic E-state index is 0.170. The van der Waals surface area contributed by atoms with Crippen molar-refractivity contribution in [2.24, 2.45) is 5.10 Å². The third kappa shape index (κ3) is 4.30. The van der Waals surface area contributed by atoms with Crippen LogP contribution in [0.5, 0.6) is 5.75 Å². The molecule has 1 aliphatic heterocycles. The number of rotatable bonds is 4. The number of ether oxygens (including phenoxy) is 1. The SMILES string of the molecule is CC1=NN(c2ccc(I)cc2)C(=O)/C1=C/c1ccc(OC(=O)c2cccs2)cc1. The van der Waals surface area contributed by atoms with Gasteiger partial charge in [0.25, 0.3) is 5.91 Å². The van der Waals surface area contributed by atoms with Crippen LogP contribution in [0.3, 0.4) is 0 Å². The van der Waals surface area contributed by atoms with Gasteiger partial charge in [-0.15, -0.1) is 11.3 Å². The highest BCUT2D eigenvalue weighted by molar-refractivity contribution is 14.1. The summed E-state index contributed by atoms with van der Waals surface area (Å²) in [6.45, 7) is 1.81. The van der Waals surface area contributed by atoms with Crippen molar-refractivity contribution in [1.29, 1.82) is 0 Å². The largest absolute Gasteiger partial charge is 0.422 e. The summed E-state index contributed by atoms with van der Waals surface area (Å²) in [4.78, 5) is 25.4. The first-order valence-corrected chi connectivity index (χ1v) is 10.7. The molecule has 0 spiro atoms. The number of nitrogens with zero attached hydrogens (tertiary/aromatic N) is 2. The van der Waals surface area contributed by atoms with Crippen LogP contribution in [0.2, 0.25) is 0 Å². The van der Waals surface area contributed by atoms with E-state index in [0.29, 0.717) is 21.9 Å². The lowest BCUT2D eigenvalue weighted by Gasteiger charge is -2.11. The van der Waals surface area contributed by atoms with Crippen molar-refractivity contribution >= 4 is 63.3 Å². The number of esters is 1. The van der Waals surface area contributed by atoms with Crippen molar-refractivity contribution in [3.05, 3.63) is 85.6 Å². The van der Waals surface area contributed by atoms with Gasteiger partial charge in [-0.05, 0) is 89.0 Å². The molecule has 29 heavy (non-hydrogen) atoms. The summed E-state index contributed by atoms with van der Waals surface area (Å²) in [7, 11) is 0. The molecule has 0 fully saturated rings. The molecule has 1 aromatic heterocycles. The molecule has 3 aromatic rings. The van der Waals surface area contributed by atoms with Crippen LogP contribution in [-0.2, 0) is 4.79 Å². The Balaban J connectivity index is 1.50. The van der Waals surface area contributed by atoms with Crippen molar-refractivity contribution < 1.29 is 14.3 Å². The van der Waals surface area contributed by atoms with Gasteiger partial charge in [-0.2, -0.15) is 10.1 Å². The zero-order chi connectivity index (χ0) is 20.4. The zero-order valence-corrected chi connectivity index (χ0v) is 18.3. The number of amides is 1. The normalized spacial score (nSPS) is 15.0. The van der Waals surface area contributed by atoms with Crippen molar-refractivity contribution in [3.8, 4) is 5.75 Å². The molecule has 0 unspecified atom stereocenters. The van der Waals surface area contributed by atoms with Gasteiger partial charge in [-0.3, -0.25) is 4.79 Å². The second kappa shape index (κ2) is 8.30. The minimum Gasteiger partial charge on any atom is -0.422 e. The number of carbonyl (C=O) groups excluding carboxylic acids is 2. The maximum atomic E-state index is 12.8. The smallest absolute Gasteiger partial charge is 0.353 e. The van der Waals surface area contributed by atoms with Gasteiger partial charge in [0.1, 0.15) is 10.6 Å². The van der Waals surface area contributed by atoms with Crippen LogP contribution in [0.25, 0.3) is 6.08 Å². The standard InChI is InChI=1S/C22H15IN2O3S/c1-14-19(21(26)25(24-14)17-8-6-16(23)7-9-17)13-15-4-10-18(11-5-15)28-22(27)20-3-2-12-29-20/h2-13H,1H3/b19-13+. The van der Waals surface area contributed by atoms with Gasteiger partial charge < -0.3 is 4.74 Å². The van der Waals surface area contributed by atoms with Crippen LogP contribution in [0.1, 0.15) is 22.2 Å². The fraction of sp³-hybridized carbons (Fsp3) is 0.0455. The summed E-state index contributed by atoms with van der Waals surface area (Å²) in [6, 6.07) is 18.2. The van der Waals surface area contributed by atoms with Gasteiger partial charge in [-0.25, -0.2) is 4.79 Å². The predicted molar refractivity (Wildman–Crippen MR) is 123 cm³/mol.